The number of carboxylic acid groups (broad SMARTS) is 1. The summed E-state index contributed by atoms with van der Waals surface area (Å²) in [4.78, 5) is 11.1. The molecule has 0 aliphatic heterocycles. The Morgan fingerprint density at radius 1 is 1.53 bits per heavy atom. The molecule has 0 spiro atoms. The van der Waals surface area contributed by atoms with Crippen LogP contribution in [0, 0.1) is 5.92 Å². The van der Waals surface area contributed by atoms with Gasteiger partial charge >= 0.3 is 5.97 Å². The zero-order valence-electron chi connectivity index (χ0n) is 9.44. The van der Waals surface area contributed by atoms with Gasteiger partial charge in [0.2, 0.25) is 0 Å². The average molecular weight is 278 g/mol. The third-order valence-corrected chi connectivity index (χ3v) is 2.97. The van der Waals surface area contributed by atoms with Crippen LogP contribution in [0.5, 0.6) is 0 Å². The van der Waals surface area contributed by atoms with E-state index in [2.05, 4.69) is 15.5 Å². The smallest absolute Gasteiger partial charge is 0.326 e. The SMILES string of the molecule is CCC(C)C(Nc1cc(Cl)nnc1Cl)C(=O)O. The molecule has 0 aromatic carbocycles. The zero-order valence-corrected chi connectivity index (χ0v) is 11.0. The lowest BCUT2D eigenvalue weighted by molar-refractivity contribution is -0.139. The number of carbonyl (C=O) groups is 1. The van der Waals surface area contributed by atoms with E-state index in [0.29, 0.717) is 5.69 Å². The molecule has 0 radical (unpaired) electrons. The molecule has 0 aliphatic rings. The molecular weight excluding hydrogens is 265 g/mol. The van der Waals surface area contributed by atoms with Crippen LogP contribution in [0.1, 0.15) is 20.3 Å². The number of nitrogens with zero attached hydrogens (tertiary/aromatic N) is 2. The monoisotopic (exact) mass is 277 g/mol. The lowest BCUT2D eigenvalue weighted by Crippen LogP contribution is -2.35. The van der Waals surface area contributed by atoms with E-state index in [0.717, 1.165) is 6.42 Å². The van der Waals surface area contributed by atoms with Gasteiger partial charge in [0.25, 0.3) is 0 Å². The number of aromatic nitrogens is 2. The molecule has 5 nitrogen and oxygen atoms in total. The number of aliphatic carboxylic acids is 1. The number of halogens is 2. The first-order valence-electron chi connectivity index (χ1n) is 5.13. The number of hydrogen-bond acceptors (Lipinski definition) is 4. The van der Waals surface area contributed by atoms with Crippen LogP contribution in [0.15, 0.2) is 6.07 Å². The van der Waals surface area contributed by atoms with E-state index < -0.39 is 12.0 Å². The van der Waals surface area contributed by atoms with Crippen molar-refractivity contribution in [3.8, 4) is 0 Å². The van der Waals surface area contributed by atoms with Gasteiger partial charge in [-0.15, -0.1) is 10.2 Å². The standard InChI is InChI=1S/C10H13Cl2N3O2/c1-3-5(2)8(10(16)17)13-6-4-7(11)14-15-9(6)12/h4-5,8H,3H2,1-2H3,(H,13,14)(H,16,17). The molecule has 0 amide bonds. The van der Waals surface area contributed by atoms with Gasteiger partial charge in [-0.3, -0.25) is 0 Å². The average Bonchev–Trinajstić information content (AvgIpc) is 2.28. The minimum atomic E-state index is -0.941. The summed E-state index contributed by atoms with van der Waals surface area (Å²) < 4.78 is 0. The highest BCUT2D eigenvalue weighted by Crippen LogP contribution is 2.23. The predicted molar refractivity (Wildman–Crippen MR) is 66.6 cm³/mol. The first-order chi connectivity index (χ1) is 7.95. The Balaban J connectivity index is 2.93. The molecule has 2 N–H and O–H groups in total. The molecule has 0 saturated carbocycles. The van der Waals surface area contributed by atoms with Gasteiger partial charge in [-0.1, -0.05) is 43.5 Å². The molecule has 94 valence electrons. The molecule has 1 heterocycles. The van der Waals surface area contributed by atoms with Crippen molar-refractivity contribution in [3.63, 3.8) is 0 Å². The van der Waals surface area contributed by atoms with E-state index in [4.69, 9.17) is 28.3 Å². The Bertz CT molecular complexity index is 415. The van der Waals surface area contributed by atoms with Crippen LogP contribution < -0.4 is 5.32 Å². The summed E-state index contributed by atoms with van der Waals surface area (Å²) in [5.74, 6) is -0.987. The third-order valence-electron chi connectivity index (χ3n) is 2.51. The van der Waals surface area contributed by atoms with E-state index in [1.807, 2.05) is 13.8 Å². The van der Waals surface area contributed by atoms with Crippen molar-refractivity contribution in [2.24, 2.45) is 5.92 Å². The maximum atomic E-state index is 11.1. The fourth-order valence-corrected chi connectivity index (χ4v) is 1.60. The summed E-state index contributed by atoms with van der Waals surface area (Å²) in [5, 5.41) is 19.4. The molecule has 2 atom stereocenters. The van der Waals surface area contributed by atoms with Crippen molar-refractivity contribution < 1.29 is 9.90 Å². The van der Waals surface area contributed by atoms with Gasteiger partial charge in [0.05, 0.1) is 5.69 Å². The van der Waals surface area contributed by atoms with E-state index in [-0.39, 0.29) is 16.2 Å². The van der Waals surface area contributed by atoms with E-state index in [9.17, 15) is 4.79 Å². The van der Waals surface area contributed by atoms with Gasteiger partial charge in [0.1, 0.15) is 6.04 Å². The van der Waals surface area contributed by atoms with Crippen molar-refractivity contribution in [1.29, 1.82) is 0 Å². The summed E-state index contributed by atoms with van der Waals surface area (Å²) in [7, 11) is 0. The lowest BCUT2D eigenvalue weighted by Gasteiger charge is -2.21. The molecule has 0 fully saturated rings. The Morgan fingerprint density at radius 2 is 2.18 bits per heavy atom. The summed E-state index contributed by atoms with van der Waals surface area (Å²) in [5.41, 5.74) is 0.374. The summed E-state index contributed by atoms with van der Waals surface area (Å²) in [6, 6.07) is 0.715. The highest BCUT2D eigenvalue weighted by molar-refractivity contribution is 6.33. The van der Waals surface area contributed by atoms with E-state index in [1.165, 1.54) is 6.07 Å². The quantitative estimate of drug-likeness (QED) is 0.866. The topological polar surface area (TPSA) is 75.1 Å². The van der Waals surface area contributed by atoms with Gasteiger partial charge in [-0.2, -0.15) is 0 Å². The number of nitrogens with one attached hydrogen (secondary N) is 1. The second kappa shape index (κ2) is 6.02. The molecule has 0 aliphatic carbocycles. The van der Waals surface area contributed by atoms with Crippen molar-refractivity contribution in [3.05, 3.63) is 16.4 Å². The van der Waals surface area contributed by atoms with Crippen LogP contribution in [-0.4, -0.2) is 27.3 Å². The maximum absolute atomic E-state index is 11.1. The molecule has 1 aromatic heterocycles. The fraction of sp³-hybridized carbons (Fsp3) is 0.500. The molecule has 1 rings (SSSR count). The van der Waals surface area contributed by atoms with Gasteiger partial charge in [-0.05, 0) is 5.92 Å². The highest BCUT2D eigenvalue weighted by atomic mass is 35.5. The van der Waals surface area contributed by atoms with Crippen LogP contribution in [0.2, 0.25) is 10.3 Å². The number of carboxylic acids is 1. The zero-order chi connectivity index (χ0) is 13.0. The first-order valence-corrected chi connectivity index (χ1v) is 5.89. The molecule has 1 aromatic rings. The van der Waals surface area contributed by atoms with Gasteiger partial charge in [-0.25, -0.2) is 4.79 Å². The second-order valence-corrected chi connectivity index (χ2v) is 4.46. The second-order valence-electron chi connectivity index (χ2n) is 3.72. The van der Waals surface area contributed by atoms with Crippen molar-refractivity contribution >= 4 is 34.9 Å². The van der Waals surface area contributed by atoms with E-state index in [1.54, 1.807) is 0 Å². The lowest BCUT2D eigenvalue weighted by atomic mass is 9.99. The molecule has 17 heavy (non-hydrogen) atoms. The summed E-state index contributed by atoms with van der Waals surface area (Å²) in [6.45, 7) is 3.76. The van der Waals surface area contributed by atoms with Crippen molar-refractivity contribution in [1.82, 2.24) is 10.2 Å². The van der Waals surface area contributed by atoms with Gasteiger partial charge < -0.3 is 10.4 Å². The first kappa shape index (κ1) is 14.0. The summed E-state index contributed by atoms with van der Waals surface area (Å²) >= 11 is 11.5. The Morgan fingerprint density at radius 3 is 2.71 bits per heavy atom. The third kappa shape index (κ3) is 3.71. The number of hydrogen-bond donors (Lipinski definition) is 2. The van der Waals surface area contributed by atoms with Crippen LogP contribution in [0.3, 0.4) is 0 Å². The van der Waals surface area contributed by atoms with Crippen LogP contribution in [0.25, 0.3) is 0 Å². The fourth-order valence-electron chi connectivity index (χ4n) is 1.30. The predicted octanol–water partition coefficient (Wildman–Crippen LogP) is 2.69. The van der Waals surface area contributed by atoms with Crippen molar-refractivity contribution in [2.75, 3.05) is 5.32 Å². The highest BCUT2D eigenvalue weighted by Gasteiger charge is 2.24. The minimum Gasteiger partial charge on any atom is -0.480 e. The molecule has 0 bridgehead atoms. The maximum Gasteiger partial charge on any atom is 0.326 e. The molecule has 0 saturated heterocycles. The molecular formula is C10H13Cl2N3O2. The van der Waals surface area contributed by atoms with Crippen LogP contribution >= 0.6 is 23.2 Å². The largest absolute Gasteiger partial charge is 0.480 e. The molecule has 7 heteroatoms. The number of rotatable bonds is 5. The minimum absolute atomic E-state index is 0.0458. The Kier molecular flexibility index (Phi) is 4.96. The van der Waals surface area contributed by atoms with Crippen LogP contribution in [0.4, 0.5) is 5.69 Å². The molecule has 2 unspecified atom stereocenters. The van der Waals surface area contributed by atoms with Gasteiger partial charge in [0, 0.05) is 6.07 Å². The van der Waals surface area contributed by atoms with E-state index >= 15 is 0 Å². The van der Waals surface area contributed by atoms with Crippen LogP contribution in [-0.2, 0) is 4.79 Å². The van der Waals surface area contributed by atoms with Crippen molar-refractivity contribution in [2.45, 2.75) is 26.3 Å². The Labute approximate surface area is 109 Å². The van der Waals surface area contributed by atoms with Gasteiger partial charge in [0.15, 0.2) is 10.3 Å². The summed E-state index contributed by atoms with van der Waals surface area (Å²) in [6.07, 6.45) is 0.730. The number of anilines is 1. The Hall–Kier alpha value is -1.07. The normalized spacial score (nSPS) is 14.1.